The molecule has 0 radical (unpaired) electrons. The molecule has 462 valence electrons. The minimum Gasteiger partial charge on any atom is -0.466 e. The van der Waals surface area contributed by atoms with E-state index in [9.17, 15) is 19.8 Å². The minimum atomic E-state index is -0.668. The summed E-state index contributed by atoms with van der Waals surface area (Å²) in [7, 11) is 0. The van der Waals surface area contributed by atoms with Gasteiger partial charge in [-0.25, -0.2) is 0 Å². The lowest BCUT2D eigenvalue weighted by Crippen LogP contribution is -2.45. The fraction of sp³-hybridized carbons (Fsp3) is 0.917. The molecule has 0 spiro atoms. The molecule has 1 amide bonds. The number of esters is 1. The maximum atomic E-state index is 12.5. The number of nitrogens with one attached hydrogen (secondary N) is 1. The van der Waals surface area contributed by atoms with Crippen molar-refractivity contribution in [2.45, 2.75) is 411 Å². The third-order valence-electron chi connectivity index (χ3n) is 16.7. The van der Waals surface area contributed by atoms with Gasteiger partial charge in [-0.1, -0.05) is 334 Å². The first-order chi connectivity index (χ1) is 38.5. The lowest BCUT2D eigenvalue weighted by atomic mass is 10.0. The van der Waals surface area contributed by atoms with Gasteiger partial charge in [-0.3, -0.25) is 9.59 Å². The third kappa shape index (κ3) is 63.5. The lowest BCUT2D eigenvalue weighted by molar-refractivity contribution is -0.143. The maximum absolute atomic E-state index is 12.5. The molecule has 0 aliphatic rings. The predicted octanol–water partition coefficient (Wildman–Crippen LogP) is 22.9. The van der Waals surface area contributed by atoms with Gasteiger partial charge in [-0.15, -0.1) is 0 Å². The van der Waals surface area contributed by atoms with E-state index < -0.39 is 12.1 Å². The molecule has 2 atom stereocenters. The average Bonchev–Trinajstić information content (AvgIpc) is 3.44. The van der Waals surface area contributed by atoms with Crippen LogP contribution in [0.3, 0.4) is 0 Å². The molecule has 0 bridgehead atoms. The molecule has 0 heterocycles. The number of hydrogen-bond acceptors (Lipinski definition) is 5. The molecule has 0 saturated carbocycles. The van der Waals surface area contributed by atoms with E-state index in [2.05, 4.69) is 43.5 Å². The highest BCUT2D eigenvalue weighted by atomic mass is 16.5. The van der Waals surface area contributed by atoms with Gasteiger partial charge in [-0.2, -0.15) is 0 Å². The van der Waals surface area contributed by atoms with E-state index >= 15 is 0 Å². The summed E-state index contributed by atoms with van der Waals surface area (Å²) < 4.78 is 5.51. The van der Waals surface area contributed by atoms with E-state index in [4.69, 9.17) is 4.74 Å². The van der Waals surface area contributed by atoms with Crippen LogP contribution in [0.1, 0.15) is 399 Å². The second-order valence-electron chi connectivity index (χ2n) is 24.6. The van der Waals surface area contributed by atoms with Gasteiger partial charge < -0.3 is 20.3 Å². The molecule has 0 aliphatic carbocycles. The monoisotopic (exact) mass is 1100 g/mol. The summed E-state index contributed by atoms with van der Waals surface area (Å²) in [6.07, 6.45) is 85.1. The molecule has 0 aromatic rings. The van der Waals surface area contributed by atoms with Crippen LogP contribution in [0.15, 0.2) is 24.3 Å². The summed E-state index contributed by atoms with van der Waals surface area (Å²) in [6, 6.07) is -0.545. The normalized spacial score (nSPS) is 12.6. The number of allylic oxidation sites excluding steroid dienone is 4. The molecular formula is C72H139NO5. The zero-order valence-electron chi connectivity index (χ0n) is 52.9. The van der Waals surface area contributed by atoms with Crippen molar-refractivity contribution in [1.29, 1.82) is 0 Å². The molecule has 6 nitrogen and oxygen atoms in total. The SMILES string of the molecule is CCCCCCCC/C=C\CCCCCCCCCCCC(=O)OCCCCCCCCCCCCCC/C=C\CCCCCCCCCCC(=O)NC(CO)C(O)CCCCCCCCCCCCCCCCCCCC. The summed E-state index contributed by atoms with van der Waals surface area (Å²) in [5, 5.41) is 23.4. The third-order valence-corrected chi connectivity index (χ3v) is 16.7. The minimum absolute atomic E-state index is 0.0130. The lowest BCUT2D eigenvalue weighted by Gasteiger charge is -2.22. The summed E-state index contributed by atoms with van der Waals surface area (Å²) in [6.45, 7) is 4.98. The Labute approximate surface area is 488 Å². The van der Waals surface area contributed by atoms with E-state index in [-0.39, 0.29) is 18.5 Å². The fourth-order valence-corrected chi connectivity index (χ4v) is 11.3. The second kappa shape index (κ2) is 67.8. The van der Waals surface area contributed by atoms with E-state index in [1.165, 1.54) is 321 Å². The summed E-state index contributed by atoms with van der Waals surface area (Å²) in [5.41, 5.74) is 0. The Hall–Kier alpha value is -1.66. The smallest absolute Gasteiger partial charge is 0.305 e. The predicted molar refractivity (Wildman–Crippen MR) is 343 cm³/mol. The van der Waals surface area contributed by atoms with Crippen LogP contribution in [0.2, 0.25) is 0 Å². The molecule has 0 aliphatic heterocycles. The highest BCUT2D eigenvalue weighted by Gasteiger charge is 2.20. The van der Waals surface area contributed by atoms with Gasteiger partial charge in [0.2, 0.25) is 5.91 Å². The zero-order valence-corrected chi connectivity index (χ0v) is 52.9. The standard InChI is InChI=1S/C72H139NO5/c1-3-5-7-9-11-13-15-17-19-21-29-34-38-42-46-50-54-58-62-66-72(77)78-67-63-59-55-51-47-43-39-35-31-28-26-24-23-25-27-30-33-37-41-45-49-53-57-61-65-71(76)73-69(68-74)70(75)64-60-56-52-48-44-40-36-32-22-20-18-16-14-12-10-8-6-4-2/h17,19,25,27,69-70,74-75H,3-16,18,20-24,26,28-68H2,1-2H3,(H,73,76)/b19-17-,27-25-. The van der Waals surface area contributed by atoms with Gasteiger partial charge in [0.05, 0.1) is 25.4 Å². The van der Waals surface area contributed by atoms with E-state index in [1.54, 1.807) is 0 Å². The second-order valence-corrected chi connectivity index (χ2v) is 24.6. The van der Waals surface area contributed by atoms with Gasteiger partial charge in [0.15, 0.2) is 0 Å². The van der Waals surface area contributed by atoms with Gasteiger partial charge in [0.25, 0.3) is 0 Å². The Morgan fingerprint density at radius 2 is 0.603 bits per heavy atom. The van der Waals surface area contributed by atoms with Crippen LogP contribution >= 0.6 is 0 Å². The number of aliphatic hydroxyl groups excluding tert-OH is 2. The van der Waals surface area contributed by atoms with Crippen molar-refractivity contribution in [3.05, 3.63) is 24.3 Å². The van der Waals surface area contributed by atoms with Crippen molar-refractivity contribution in [1.82, 2.24) is 5.32 Å². The van der Waals surface area contributed by atoms with Crippen molar-refractivity contribution >= 4 is 11.9 Å². The van der Waals surface area contributed by atoms with Crippen molar-refractivity contribution < 1.29 is 24.5 Å². The molecule has 3 N–H and O–H groups in total. The molecule has 0 aromatic heterocycles. The zero-order chi connectivity index (χ0) is 56.4. The maximum Gasteiger partial charge on any atom is 0.305 e. The first kappa shape index (κ1) is 76.3. The number of unbranched alkanes of at least 4 members (excludes halogenated alkanes) is 52. The number of amides is 1. The fourth-order valence-electron chi connectivity index (χ4n) is 11.3. The Bertz CT molecular complexity index is 1220. The summed E-state index contributed by atoms with van der Waals surface area (Å²) >= 11 is 0. The number of ether oxygens (including phenoxy) is 1. The van der Waals surface area contributed by atoms with Gasteiger partial charge in [0, 0.05) is 12.8 Å². The van der Waals surface area contributed by atoms with E-state index in [0.29, 0.717) is 25.9 Å². The van der Waals surface area contributed by atoms with Crippen molar-refractivity contribution in [3.63, 3.8) is 0 Å². The molecular weight excluding hydrogens is 959 g/mol. The molecule has 6 heteroatoms. The number of aliphatic hydroxyl groups is 2. The van der Waals surface area contributed by atoms with Crippen LogP contribution in [-0.2, 0) is 14.3 Å². The highest BCUT2D eigenvalue weighted by Crippen LogP contribution is 2.19. The van der Waals surface area contributed by atoms with Crippen LogP contribution in [-0.4, -0.2) is 47.4 Å². The van der Waals surface area contributed by atoms with E-state index in [1.807, 2.05) is 0 Å². The van der Waals surface area contributed by atoms with Crippen LogP contribution in [0.25, 0.3) is 0 Å². The molecule has 0 saturated heterocycles. The van der Waals surface area contributed by atoms with Crippen molar-refractivity contribution in [2.24, 2.45) is 0 Å². The summed E-state index contributed by atoms with van der Waals surface area (Å²) in [4.78, 5) is 24.6. The Kier molecular flexibility index (Phi) is 66.4. The van der Waals surface area contributed by atoms with Crippen LogP contribution in [0.4, 0.5) is 0 Å². The number of rotatable bonds is 67. The molecule has 78 heavy (non-hydrogen) atoms. The van der Waals surface area contributed by atoms with Crippen LogP contribution < -0.4 is 5.32 Å². The Morgan fingerprint density at radius 3 is 0.910 bits per heavy atom. The Balaban J connectivity index is 3.38. The first-order valence-electron chi connectivity index (χ1n) is 35.6. The summed E-state index contributed by atoms with van der Waals surface area (Å²) in [5.74, 6) is -0.0228. The topological polar surface area (TPSA) is 95.9 Å². The quantitative estimate of drug-likeness (QED) is 0.0320. The molecule has 0 fully saturated rings. The number of hydrogen-bond donors (Lipinski definition) is 3. The average molecular weight is 1100 g/mol. The van der Waals surface area contributed by atoms with Gasteiger partial charge in [-0.05, 0) is 77.0 Å². The van der Waals surface area contributed by atoms with Crippen LogP contribution in [0, 0.1) is 0 Å². The first-order valence-corrected chi connectivity index (χ1v) is 35.6. The molecule has 0 rings (SSSR count). The van der Waals surface area contributed by atoms with Crippen molar-refractivity contribution in [2.75, 3.05) is 13.2 Å². The molecule has 0 aromatic carbocycles. The van der Waals surface area contributed by atoms with E-state index in [0.717, 1.165) is 44.9 Å². The van der Waals surface area contributed by atoms with Crippen molar-refractivity contribution in [3.8, 4) is 0 Å². The molecule has 2 unspecified atom stereocenters. The van der Waals surface area contributed by atoms with Gasteiger partial charge >= 0.3 is 5.97 Å². The number of carbonyl (C=O) groups excluding carboxylic acids is 2. The Morgan fingerprint density at radius 1 is 0.346 bits per heavy atom. The largest absolute Gasteiger partial charge is 0.466 e. The number of carbonyl (C=O) groups is 2. The van der Waals surface area contributed by atoms with Crippen LogP contribution in [0.5, 0.6) is 0 Å². The van der Waals surface area contributed by atoms with Gasteiger partial charge in [0.1, 0.15) is 0 Å². The highest BCUT2D eigenvalue weighted by molar-refractivity contribution is 5.76.